The molecule has 0 radical (unpaired) electrons. The standard InChI is InChI=1S/C20H25N3O5/c1-4-28-20(27)22-9-7-14(8-10-22)21-17(24)13-5-6-15-16(11-13)19(26)23(12(2)3)18(15)25/h5-6,11-12,14H,4,7-10H2,1-3H3,(H,21,24). The molecule has 1 aromatic carbocycles. The van der Waals surface area contributed by atoms with Crippen molar-refractivity contribution < 1.29 is 23.9 Å². The summed E-state index contributed by atoms with van der Waals surface area (Å²) in [6.07, 6.45) is 0.936. The van der Waals surface area contributed by atoms with Crippen molar-refractivity contribution >= 4 is 23.8 Å². The molecule has 0 aromatic heterocycles. The van der Waals surface area contributed by atoms with Gasteiger partial charge in [-0.15, -0.1) is 0 Å². The van der Waals surface area contributed by atoms with Crippen molar-refractivity contribution in [2.24, 2.45) is 0 Å². The van der Waals surface area contributed by atoms with Crippen molar-refractivity contribution in [1.29, 1.82) is 0 Å². The third-order valence-electron chi connectivity index (χ3n) is 5.05. The number of fused-ring (bicyclic) bond motifs is 1. The smallest absolute Gasteiger partial charge is 0.409 e. The maximum absolute atomic E-state index is 12.6. The predicted octanol–water partition coefficient (Wildman–Crippen LogP) is 2.04. The first-order chi connectivity index (χ1) is 13.3. The van der Waals surface area contributed by atoms with Gasteiger partial charge in [-0.3, -0.25) is 19.3 Å². The van der Waals surface area contributed by atoms with E-state index in [0.717, 1.165) is 0 Å². The minimum absolute atomic E-state index is 0.0593. The van der Waals surface area contributed by atoms with E-state index >= 15 is 0 Å². The summed E-state index contributed by atoms with van der Waals surface area (Å²) in [7, 11) is 0. The molecule has 8 heteroatoms. The zero-order valence-corrected chi connectivity index (χ0v) is 16.4. The topological polar surface area (TPSA) is 96.0 Å². The number of nitrogens with one attached hydrogen (secondary N) is 1. The van der Waals surface area contributed by atoms with E-state index in [4.69, 9.17) is 4.74 Å². The Morgan fingerprint density at radius 3 is 2.39 bits per heavy atom. The molecule has 3 rings (SSSR count). The van der Waals surface area contributed by atoms with Crippen LogP contribution in [-0.2, 0) is 4.74 Å². The van der Waals surface area contributed by atoms with E-state index in [-0.39, 0.29) is 41.5 Å². The highest BCUT2D eigenvalue weighted by molar-refractivity contribution is 6.22. The van der Waals surface area contributed by atoms with Crippen LogP contribution in [0.25, 0.3) is 0 Å². The summed E-state index contributed by atoms with van der Waals surface area (Å²) >= 11 is 0. The van der Waals surface area contributed by atoms with Crippen LogP contribution in [0, 0.1) is 0 Å². The normalized spacial score (nSPS) is 17.1. The van der Waals surface area contributed by atoms with Gasteiger partial charge in [0, 0.05) is 30.7 Å². The lowest BCUT2D eigenvalue weighted by Gasteiger charge is -2.31. The molecule has 150 valence electrons. The second-order valence-corrected chi connectivity index (χ2v) is 7.27. The summed E-state index contributed by atoms with van der Waals surface area (Å²) in [6.45, 7) is 6.69. The predicted molar refractivity (Wildman–Crippen MR) is 101 cm³/mol. The van der Waals surface area contributed by atoms with E-state index in [1.54, 1.807) is 31.7 Å². The molecule has 1 fully saturated rings. The molecule has 1 aromatic rings. The quantitative estimate of drug-likeness (QED) is 0.798. The number of benzene rings is 1. The Morgan fingerprint density at radius 1 is 1.14 bits per heavy atom. The third kappa shape index (κ3) is 3.72. The highest BCUT2D eigenvalue weighted by Gasteiger charge is 2.37. The molecule has 0 aliphatic carbocycles. The number of nitrogens with zero attached hydrogens (tertiary/aromatic N) is 2. The molecule has 0 bridgehead atoms. The molecule has 1 N–H and O–H groups in total. The zero-order chi connectivity index (χ0) is 20.4. The van der Waals surface area contributed by atoms with Gasteiger partial charge in [0.15, 0.2) is 0 Å². The van der Waals surface area contributed by atoms with Crippen LogP contribution in [-0.4, -0.2) is 65.4 Å². The molecule has 4 amide bonds. The van der Waals surface area contributed by atoms with E-state index in [1.165, 1.54) is 17.0 Å². The lowest BCUT2D eigenvalue weighted by molar-refractivity contribution is 0.0608. The lowest BCUT2D eigenvalue weighted by atomic mass is 10.0. The van der Waals surface area contributed by atoms with Gasteiger partial charge in [0.1, 0.15) is 0 Å². The van der Waals surface area contributed by atoms with E-state index in [2.05, 4.69) is 5.32 Å². The van der Waals surface area contributed by atoms with Crippen molar-refractivity contribution in [3.63, 3.8) is 0 Å². The largest absolute Gasteiger partial charge is 0.450 e. The number of ether oxygens (including phenoxy) is 1. The Hall–Kier alpha value is -2.90. The maximum atomic E-state index is 12.6. The van der Waals surface area contributed by atoms with Gasteiger partial charge in [-0.25, -0.2) is 4.79 Å². The van der Waals surface area contributed by atoms with Gasteiger partial charge in [0.2, 0.25) is 0 Å². The minimum Gasteiger partial charge on any atom is -0.450 e. The number of likely N-dealkylation sites (tertiary alicyclic amines) is 1. The van der Waals surface area contributed by atoms with E-state index in [0.29, 0.717) is 43.7 Å². The average molecular weight is 387 g/mol. The molecule has 0 atom stereocenters. The first kappa shape index (κ1) is 19.9. The first-order valence-corrected chi connectivity index (χ1v) is 9.58. The fraction of sp³-hybridized carbons (Fsp3) is 0.500. The fourth-order valence-electron chi connectivity index (χ4n) is 3.56. The van der Waals surface area contributed by atoms with Crippen LogP contribution in [0.15, 0.2) is 18.2 Å². The van der Waals surface area contributed by atoms with Gasteiger partial charge in [-0.1, -0.05) is 0 Å². The Bertz CT molecular complexity index is 812. The number of hydrogen-bond donors (Lipinski definition) is 1. The van der Waals surface area contributed by atoms with Gasteiger partial charge in [0.25, 0.3) is 17.7 Å². The van der Waals surface area contributed by atoms with Crippen LogP contribution in [0.4, 0.5) is 4.79 Å². The molecule has 1 saturated heterocycles. The molecule has 28 heavy (non-hydrogen) atoms. The van der Waals surface area contributed by atoms with Crippen LogP contribution in [0.5, 0.6) is 0 Å². The van der Waals surface area contributed by atoms with Crippen LogP contribution >= 0.6 is 0 Å². The Balaban J connectivity index is 1.64. The van der Waals surface area contributed by atoms with E-state index in [9.17, 15) is 19.2 Å². The van der Waals surface area contributed by atoms with E-state index in [1.807, 2.05) is 0 Å². The molecular weight excluding hydrogens is 362 g/mol. The van der Waals surface area contributed by atoms with Crippen molar-refractivity contribution in [2.45, 2.75) is 45.7 Å². The molecule has 8 nitrogen and oxygen atoms in total. The zero-order valence-electron chi connectivity index (χ0n) is 16.4. The number of amides is 4. The summed E-state index contributed by atoms with van der Waals surface area (Å²) in [5, 5.41) is 2.95. The fourth-order valence-corrected chi connectivity index (χ4v) is 3.56. The molecule has 0 saturated carbocycles. The second kappa shape index (κ2) is 8.00. The number of carbonyl (C=O) groups is 4. The molecule has 2 aliphatic heterocycles. The number of imide groups is 1. The monoisotopic (exact) mass is 387 g/mol. The molecule has 0 spiro atoms. The Kier molecular flexibility index (Phi) is 5.67. The van der Waals surface area contributed by atoms with Gasteiger partial charge in [-0.2, -0.15) is 0 Å². The first-order valence-electron chi connectivity index (χ1n) is 9.58. The maximum Gasteiger partial charge on any atom is 0.409 e. The number of piperidine rings is 1. The Morgan fingerprint density at radius 2 is 1.79 bits per heavy atom. The Labute approximate surface area is 163 Å². The summed E-state index contributed by atoms with van der Waals surface area (Å²) < 4.78 is 4.99. The molecule has 2 heterocycles. The lowest BCUT2D eigenvalue weighted by Crippen LogP contribution is -2.46. The van der Waals surface area contributed by atoms with Crippen LogP contribution in [0.3, 0.4) is 0 Å². The van der Waals surface area contributed by atoms with Crippen molar-refractivity contribution in [1.82, 2.24) is 15.1 Å². The third-order valence-corrected chi connectivity index (χ3v) is 5.05. The molecule has 0 unspecified atom stereocenters. The van der Waals surface area contributed by atoms with Gasteiger partial charge in [0.05, 0.1) is 17.7 Å². The van der Waals surface area contributed by atoms with Crippen molar-refractivity contribution in [3.05, 3.63) is 34.9 Å². The van der Waals surface area contributed by atoms with Gasteiger partial charge in [-0.05, 0) is 51.8 Å². The summed E-state index contributed by atoms with van der Waals surface area (Å²) in [4.78, 5) is 52.0. The number of carbonyl (C=O) groups excluding carboxylic acids is 4. The highest BCUT2D eigenvalue weighted by Crippen LogP contribution is 2.26. The number of hydrogen-bond acceptors (Lipinski definition) is 5. The summed E-state index contributed by atoms with van der Waals surface area (Å²) in [5.74, 6) is -0.985. The second-order valence-electron chi connectivity index (χ2n) is 7.27. The summed E-state index contributed by atoms with van der Waals surface area (Å²) in [6, 6.07) is 4.29. The highest BCUT2D eigenvalue weighted by atomic mass is 16.6. The number of rotatable bonds is 4. The minimum atomic E-state index is -0.368. The summed E-state index contributed by atoms with van der Waals surface area (Å²) in [5.41, 5.74) is 0.944. The molecule has 2 aliphatic rings. The average Bonchev–Trinajstić information content (AvgIpc) is 2.92. The van der Waals surface area contributed by atoms with Crippen LogP contribution < -0.4 is 5.32 Å². The van der Waals surface area contributed by atoms with Crippen molar-refractivity contribution in [3.8, 4) is 0 Å². The van der Waals surface area contributed by atoms with Crippen LogP contribution in [0.1, 0.15) is 64.7 Å². The SMILES string of the molecule is CCOC(=O)N1CCC(NC(=O)c2ccc3c(c2)C(=O)N(C(C)C)C3=O)CC1. The van der Waals surface area contributed by atoms with E-state index < -0.39 is 0 Å². The van der Waals surface area contributed by atoms with Crippen molar-refractivity contribution in [2.75, 3.05) is 19.7 Å². The van der Waals surface area contributed by atoms with Gasteiger partial charge >= 0.3 is 6.09 Å². The molecular formula is C20H25N3O5. The van der Waals surface area contributed by atoms with Crippen LogP contribution in [0.2, 0.25) is 0 Å². The van der Waals surface area contributed by atoms with Gasteiger partial charge < -0.3 is 15.0 Å².